The number of carbonyl (C=O) groups is 1. The minimum atomic E-state index is -0.679. The zero-order valence-corrected chi connectivity index (χ0v) is 11.5. The number of nitrogens with one attached hydrogen (secondary N) is 1. The topological polar surface area (TPSA) is 38.3 Å². The van der Waals surface area contributed by atoms with Gasteiger partial charge in [-0.15, -0.1) is 0 Å². The quantitative estimate of drug-likeness (QED) is 0.929. The molecule has 0 aromatic heterocycles. The van der Waals surface area contributed by atoms with Gasteiger partial charge >= 0.3 is 0 Å². The first-order chi connectivity index (χ1) is 9.54. The molecule has 0 saturated carbocycles. The van der Waals surface area contributed by atoms with Crippen LogP contribution in [-0.4, -0.2) is 12.0 Å². The molecule has 2 rings (SSSR count). The average Bonchev–Trinajstić information content (AvgIpc) is 2.44. The third-order valence-corrected chi connectivity index (χ3v) is 2.86. The maximum atomic E-state index is 12.8. The van der Waals surface area contributed by atoms with Gasteiger partial charge in [-0.3, -0.25) is 4.79 Å². The molecular weight excluding hydrogens is 281 g/mol. The van der Waals surface area contributed by atoms with Crippen molar-refractivity contribution >= 4 is 23.2 Å². The van der Waals surface area contributed by atoms with Crippen molar-refractivity contribution < 1.29 is 13.9 Å². The van der Waals surface area contributed by atoms with Gasteiger partial charge in [-0.05, 0) is 55.5 Å². The van der Waals surface area contributed by atoms with Crippen molar-refractivity contribution in [2.75, 3.05) is 5.32 Å². The van der Waals surface area contributed by atoms with Crippen LogP contribution in [0.2, 0.25) is 5.02 Å². The lowest BCUT2D eigenvalue weighted by molar-refractivity contribution is -0.122. The first-order valence-corrected chi connectivity index (χ1v) is 6.41. The van der Waals surface area contributed by atoms with Crippen molar-refractivity contribution in [2.24, 2.45) is 0 Å². The fraction of sp³-hybridized carbons (Fsp3) is 0.133. The van der Waals surface area contributed by atoms with E-state index in [0.717, 1.165) is 0 Å². The Balaban J connectivity index is 1.94. The molecule has 0 unspecified atom stereocenters. The Bertz CT molecular complexity index is 584. The molecule has 1 amide bonds. The van der Waals surface area contributed by atoms with Gasteiger partial charge in [0.05, 0.1) is 0 Å². The van der Waals surface area contributed by atoms with Gasteiger partial charge in [-0.2, -0.15) is 0 Å². The van der Waals surface area contributed by atoms with Crippen molar-refractivity contribution in [1.29, 1.82) is 0 Å². The third kappa shape index (κ3) is 3.96. The van der Waals surface area contributed by atoms with Gasteiger partial charge in [-0.25, -0.2) is 4.39 Å². The number of anilines is 1. The smallest absolute Gasteiger partial charge is 0.265 e. The zero-order valence-electron chi connectivity index (χ0n) is 10.8. The van der Waals surface area contributed by atoms with E-state index in [2.05, 4.69) is 5.32 Å². The minimum Gasteiger partial charge on any atom is -0.481 e. The van der Waals surface area contributed by atoms with E-state index in [1.165, 1.54) is 24.3 Å². The van der Waals surface area contributed by atoms with Crippen LogP contribution in [0.15, 0.2) is 48.5 Å². The molecule has 0 heterocycles. The zero-order chi connectivity index (χ0) is 14.5. The third-order valence-electron chi connectivity index (χ3n) is 2.61. The summed E-state index contributed by atoms with van der Waals surface area (Å²) in [6.07, 6.45) is -0.679. The monoisotopic (exact) mass is 293 g/mol. The van der Waals surface area contributed by atoms with Crippen molar-refractivity contribution in [3.63, 3.8) is 0 Å². The van der Waals surface area contributed by atoms with Crippen LogP contribution in [0, 0.1) is 5.82 Å². The lowest BCUT2D eigenvalue weighted by Crippen LogP contribution is -2.30. The first-order valence-electron chi connectivity index (χ1n) is 6.03. The van der Waals surface area contributed by atoms with Gasteiger partial charge in [0.25, 0.3) is 5.91 Å². The lowest BCUT2D eigenvalue weighted by Gasteiger charge is -2.14. The van der Waals surface area contributed by atoms with Gasteiger partial charge in [0.1, 0.15) is 11.6 Å². The van der Waals surface area contributed by atoms with E-state index in [4.69, 9.17) is 16.3 Å². The van der Waals surface area contributed by atoms with E-state index in [-0.39, 0.29) is 11.7 Å². The second kappa shape index (κ2) is 6.39. The van der Waals surface area contributed by atoms with Gasteiger partial charge < -0.3 is 10.1 Å². The normalized spacial score (nSPS) is 11.8. The second-order valence-electron chi connectivity index (χ2n) is 4.21. The maximum absolute atomic E-state index is 12.8. The summed E-state index contributed by atoms with van der Waals surface area (Å²) in [5, 5.41) is 3.24. The van der Waals surface area contributed by atoms with E-state index in [0.29, 0.717) is 16.5 Å². The predicted octanol–water partition coefficient (Wildman–Crippen LogP) is 3.89. The van der Waals surface area contributed by atoms with Crippen LogP contribution in [0.5, 0.6) is 5.75 Å². The van der Waals surface area contributed by atoms with Crippen LogP contribution in [0.25, 0.3) is 0 Å². The predicted molar refractivity (Wildman–Crippen MR) is 76.6 cm³/mol. The highest BCUT2D eigenvalue weighted by Crippen LogP contribution is 2.17. The number of hydrogen-bond acceptors (Lipinski definition) is 2. The standard InChI is InChI=1S/C15H13ClFNO2/c1-10(20-14-8-2-11(16)3-9-14)15(19)18-13-6-4-12(17)5-7-13/h2-10H,1H3,(H,18,19)/t10-/m0/s1. The molecular formula is C15H13ClFNO2. The molecule has 0 aliphatic heterocycles. The summed E-state index contributed by atoms with van der Waals surface area (Å²) in [5.74, 6) is -0.115. The van der Waals surface area contributed by atoms with E-state index in [1.807, 2.05) is 0 Å². The molecule has 0 aliphatic rings. The van der Waals surface area contributed by atoms with Crippen molar-refractivity contribution in [3.05, 3.63) is 59.4 Å². The summed E-state index contributed by atoms with van der Waals surface area (Å²) in [6, 6.07) is 12.3. The van der Waals surface area contributed by atoms with Gasteiger partial charge in [0.15, 0.2) is 6.10 Å². The Kier molecular flexibility index (Phi) is 4.58. The van der Waals surface area contributed by atoms with Crippen molar-refractivity contribution in [3.8, 4) is 5.75 Å². The highest BCUT2D eigenvalue weighted by Gasteiger charge is 2.14. The van der Waals surface area contributed by atoms with Crippen molar-refractivity contribution in [1.82, 2.24) is 0 Å². The molecule has 20 heavy (non-hydrogen) atoms. The molecule has 1 N–H and O–H groups in total. The molecule has 2 aromatic carbocycles. The summed E-state index contributed by atoms with van der Waals surface area (Å²) in [6.45, 7) is 1.63. The largest absolute Gasteiger partial charge is 0.481 e. The summed E-state index contributed by atoms with van der Waals surface area (Å²) >= 11 is 5.77. The summed E-state index contributed by atoms with van der Waals surface area (Å²) < 4.78 is 18.2. The van der Waals surface area contributed by atoms with Crippen LogP contribution in [0.3, 0.4) is 0 Å². The highest BCUT2D eigenvalue weighted by atomic mass is 35.5. The number of halogens is 2. The molecule has 0 radical (unpaired) electrons. The fourth-order valence-corrected chi connectivity index (χ4v) is 1.67. The molecule has 0 fully saturated rings. The Morgan fingerprint density at radius 1 is 1.15 bits per heavy atom. The van der Waals surface area contributed by atoms with Crippen LogP contribution in [-0.2, 0) is 4.79 Å². The Morgan fingerprint density at radius 2 is 1.75 bits per heavy atom. The Hall–Kier alpha value is -2.07. The molecule has 0 saturated heterocycles. The van der Waals surface area contributed by atoms with Gasteiger partial charge in [0.2, 0.25) is 0 Å². The van der Waals surface area contributed by atoms with E-state index >= 15 is 0 Å². The van der Waals surface area contributed by atoms with E-state index < -0.39 is 6.10 Å². The fourth-order valence-electron chi connectivity index (χ4n) is 1.55. The number of carbonyl (C=O) groups excluding carboxylic acids is 1. The van der Waals surface area contributed by atoms with Crippen LogP contribution < -0.4 is 10.1 Å². The average molecular weight is 294 g/mol. The Morgan fingerprint density at radius 3 is 2.35 bits per heavy atom. The molecule has 5 heteroatoms. The van der Waals surface area contributed by atoms with E-state index in [1.54, 1.807) is 31.2 Å². The van der Waals surface area contributed by atoms with Crippen molar-refractivity contribution in [2.45, 2.75) is 13.0 Å². The first kappa shape index (κ1) is 14.3. The summed E-state index contributed by atoms with van der Waals surface area (Å²) in [5.41, 5.74) is 0.517. The number of ether oxygens (including phenoxy) is 1. The minimum absolute atomic E-state index is 0.313. The van der Waals surface area contributed by atoms with E-state index in [9.17, 15) is 9.18 Å². The number of benzene rings is 2. The molecule has 104 valence electrons. The molecule has 3 nitrogen and oxygen atoms in total. The molecule has 0 aliphatic carbocycles. The van der Waals surface area contributed by atoms with Gasteiger partial charge in [0, 0.05) is 10.7 Å². The SMILES string of the molecule is C[C@H](Oc1ccc(Cl)cc1)C(=O)Nc1ccc(F)cc1. The molecule has 2 aromatic rings. The van der Waals surface area contributed by atoms with Crippen LogP contribution >= 0.6 is 11.6 Å². The van der Waals surface area contributed by atoms with Gasteiger partial charge in [-0.1, -0.05) is 11.6 Å². The number of hydrogen-bond donors (Lipinski definition) is 1. The Labute approximate surface area is 121 Å². The molecule has 0 spiro atoms. The summed E-state index contributed by atoms with van der Waals surface area (Å²) in [4.78, 5) is 11.9. The number of amides is 1. The molecule has 0 bridgehead atoms. The number of rotatable bonds is 4. The van der Waals surface area contributed by atoms with Crippen LogP contribution in [0.4, 0.5) is 10.1 Å². The highest BCUT2D eigenvalue weighted by molar-refractivity contribution is 6.30. The summed E-state index contributed by atoms with van der Waals surface area (Å²) in [7, 11) is 0. The maximum Gasteiger partial charge on any atom is 0.265 e. The van der Waals surface area contributed by atoms with Crippen LogP contribution in [0.1, 0.15) is 6.92 Å². The second-order valence-corrected chi connectivity index (χ2v) is 4.65. The molecule has 1 atom stereocenters. The lowest BCUT2D eigenvalue weighted by atomic mass is 10.3.